The smallest absolute Gasteiger partial charge is 0.138 e. The van der Waals surface area contributed by atoms with Crippen molar-refractivity contribution in [2.24, 2.45) is 0 Å². The molecule has 1 unspecified atom stereocenters. The van der Waals surface area contributed by atoms with Crippen LogP contribution in [0.4, 0.5) is 0 Å². The van der Waals surface area contributed by atoms with Crippen LogP contribution in [-0.4, -0.2) is 29.3 Å². The van der Waals surface area contributed by atoms with E-state index in [2.05, 4.69) is 43.4 Å². The standard InChI is InChI=1S/C31H33ClN2O2/c1-20-12-21(2)14-24(13-20)28-18-34-30-17-29(32)26(23-7-5-6-22(15-23)19-35)16-27(30)31(28)36-11-9-25-8-3-4-10-33-25/h5-7,12-18,25,33,35H,3-4,8-11,19H2,1-2H3. The Labute approximate surface area is 218 Å². The van der Waals surface area contributed by atoms with Crippen molar-refractivity contribution in [3.63, 3.8) is 0 Å². The molecule has 5 heteroatoms. The number of aliphatic hydroxyl groups is 1. The minimum Gasteiger partial charge on any atom is -0.492 e. The molecule has 0 spiro atoms. The molecule has 1 aliphatic heterocycles. The van der Waals surface area contributed by atoms with Crippen molar-refractivity contribution in [1.82, 2.24) is 10.3 Å². The quantitative estimate of drug-likeness (QED) is 0.281. The number of nitrogens with one attached hydrogen (secondary N) is 1. The number of ether oxygens (including phenoxy) is 1. The molecule has 36 heavy (non-hydrogen) atoms. The molecule has 4 nitrogen and oxygen atoms in total. The number of halogens is 1. The highest BCUT2D eigenvalue weighted by Gasteiger charge is 2.18. The number of pyridine rings is 1. The Morgan fingerprint density at radius 2 is 1.83 bits per heavy atom. The van der Waals surface area contributed by atoms with Gasteiger partial charge in [0.05, 0.1) is 23.8 Å². The van der Waals surface area contributed by atoms with Crippen molar-refractivity contribution in [2.75, 3.05) is 13.2 Å². The lowest BCUT2D eigenvalue weighted by Crippen LogP contribution is -2.35. The van der Waals surface area contributed by atoms with Crippen LogP contribution < -0.4 is 10.1 Å². The first-order valence-corrected chi connectivity index (χ1v) is 13.2. The largest absolute Gasteiger partial charge is 0.492 e. The summed E-state index contributed by atoms with van der Waals surface area (Å²) in [5, 5.41) is 14.8. The number of nitrogens with zero attached hydrogens (tertiary/aromatic N) is 1. The normalized spacial score (nSPS) is 15.8. The summed E-state index contributed by atoms with van der Waals surface area (Å²) in [5.41, 5.74) is 8.03. The Bertz CT molecular complexity index is 1360. The van der Waals surface area contributed by atoms with Crippen molar-refractivity contribution in [3.05, 3.63) is 82.5 Å². The second-order valence-corrected chi connectivity index (χ2v) is 10.3. The fourth-order valence-corrected chi connectivity index (χ4v) is 5.48. The third-order valence-electron chi connectivity index (χ3n) is 6.99. The van der Waals surface area contributed by atoms with Gasteiger partial charge in [0, 0.05) is 28.8 Å². The van der Waals surface area contributed by atoms with E-state index >= 15 is 0 Å². The van der Waals surface area contributed by atoms with Crippen LogP contribution in [0.3, 0.4) is 0 Å². The zero-order chi connectivity index (χ0) is 25.1. The van der Waals surface area contributed by atoms with Crippen LogP contribution in [0.25, 0.3) is 33.2 Å². The molecule has 1 fully saturated rings. The van der Waals surface area contributed by atoms with Gasteiger partial charge in [-0.1, -0.05) is 65.5 Å². The van der Waals surface area contributed by atoms with Gasteiger partial charge in [-0.2, -0.15) is 0 Å². The summed E-state index contributed by atoms with van der Waals surface area (Å²) < 4.78 is 6.60. The van der Waals surface area contributed by atoms with Crippen molar-refractivity contribution < 1.29 is 9.84 Å². The lowest BCUT2D eigenvalue weighted by Gasteiger charge is -2.24. The third kappa shape index (κ3) is 5.41. The van der Waals surface area contributed by atoms with E-state index in [9.17, 15) is 5.11 Å². The molecule has 4 aromatic rings. The molecule has 186 valence electrons. The first kappa shape index (κ1) is 24.8. The Morgan fingerprint density at radius 1 is 1.00 bits per heavy atom. The zero-order valence-electron chi connectivity index (χ0n) is 21.0. The van der Waals surface area contributed by atoms with E-state index in [0.717, 1.165) is 57.4 Å². The van der Waals surface area contributed by atoms with Gasteiger partial charge in [0.1, 0.15) is 5.75 Å². The highest BCUT2D eigenvalue weighted by atomic mass is 35.5. The zero-order valence-corrected chi connectivity index (χ0v) is 21.7. The topological polar surface area (TPSA) is 54.4 Å². The Hall–Kier alpha value is -2.92. The van der Waals surface area contributed by atoms with Crippen LogP contribution in [-0.2, 0) is 6.61 Å². The fourth-order valence-electron chi connectivity index (χ4n) is 5.21. The minimum absolute atomic E-state index is 0.0129. The van der Waals surface area contributed by atoms with Crippen molar-refractivity contribution >= 4 is 22.5 Å². The second kappa shape index (κ2) is 11.0. The first-order valence-electron chi connectivity index (χ1n) is 12.8. The Morgan fingerprint density at radius 3 is 2.58 bits per heavy atom. The van der Waals surface area contributed by atoms with Gasteiger partial charge >= 0.3 is 0 Å². The molecule has 5 rings (SSSR count). The van der Waals surface area contributed by atoms with Gasteiger partial charge in [-0.3, -0.25) is 4.98 Å². The van der Waals surface area contributed by atoms with E-state index in [0.29, 0.717) is 17.7 Å². The molecule has 1 aliphatic rings. The number of aryl methyl sites for hydroxylation is 2. The number of fused-ring (bicyclic) bond motifs is 1. The summed E-state index contributed by atoms with van der Waals surface area (Å²) in [5.74, 6) is 0.844. The predicted molar refractivity (Wildman–Crippen MR) is 149 cm³/mol. The molecule has 0 amide bonds. The minimum atomic E-state index is -0.0129. The number of hydrogen-bond donors (Lipinski definition) is 2. The van der Waals surface area contributed by atoms with Crippen LogP contribution in [0, 0.1) is 13.8 Å². The maximum Gasteiger partial charge on any atom is 0.138 e. The molecular formula is C31H33ClN2O2. The van der Waals surface area contributed by atoms with Gasteiger partial charge in [0.25, 0.3) is 0 Å². The average molecular weight is 501 g/mol. The number of piperidine rings is 1. The second-order valence-electron chi connectivity index (χ2n) is 9.87. The van der Waals surface area contributed by atoms with Crippen LogP contribution in [0.5, 0.6) is 5.75 Å². The third-order valence-corrected chi connectivity index (χ3v) is 7.30. The van der Waals surface area contributed by atoms with E-state index in [1.807, 2.05) is 36.5 Å². The predicted octanol–water partition coefficient (Wildman–Crippen LogP) is 7.24. The molecule has 1 aromatic heterocycles. The average Bonchev–Trinajstić information content (AvgIpc) is 2.88. The van der Waals surface area contributed by atoms with E-state index < -0.39 is 0 Å². The summed E-state index contributed by atoms with van der Waals surface area (Å²) in [6.45, 7) is 5.94. The molecule has 1 saturated heterocycles. The molecule has 0 saturated carbocycles. The fraction of sp³-hybridized carbons (Fsp3) is 0.323. The van der Waals surface area contributed by atoms with Crippen LogP contribution in [0.1, 0.15) is 42.4 Å². The lowest BCUT2D eigenvalue weighted by molar-refractivity contribution is 0.271. The molecule has 1 atom stereocenters. The van der Waals surface area contributed by atoms with E-state index in [1.54, 1.807) is 0 Å². The molecular weight excluding hydrogens is 468 g/mol. The molecule has 0 aliphatic carbocycles. The van der Waals surface area contributed by atoms with Gasteiger partial charge in [-0.25, -0.2) is 0 Å². The number of aromatic nitrogens is 1. The summed E-state index contributed by atoms with van der Waals surface area (Å²) in [6, 6.07) is 18.9. The highest BCUT2D eigenvalue weighted by Crippen LogP contribution is 2.41. The maximum absolute atomic E-state index is 9.64. The summed E-state index contributed by atoms with van der Waals surface area (Å²) in [7, 11) is 0. The van der Waals surface area contributed by atoms with E-state index in [4.69, 9.17) is 21.3 Å². The number of benzene rings is 3. The van der Waals surface area contributed by atoms with Crippen molar-refractivity contribution in [2.45, 2.75) is 52.2 Å². The number of aliphatic hydroxyl groups excluding tert-OH is 1. The molecule has 2 heterocycles. The van der Waals surface area contributed by atoms with Gasteiger partial charge in [0.15, 0.2) is 0 Å². The Kier molecular flexibility index (Phi) is 7.56. The van der Waals surface area contributed by atoms with Crippen LogP contribution >= 0.6 is 11.6 Å². The number of rotatable bonds is 7. The summed E-state index contributed by atoms with van der Waals surface area (Å²) in [4.78, 5) is 4.79. The van der Waals surface area contributed by atoms with Crippen LogP contribution in [0.15, 0.2) is 60.8 Å². The van der Waals surface area contributed by atoms with Gasteiger partial charge in [-0.15, -0.1) is 0 Å². The van der Waals surface area contributed by atoms with Crippen molar-refractivity contribution in [1.29, 1.82) is 0 Å². The molecule has 2 N–H and O–H groups in total. The monoisotopic (exact) mass is 500 g/mol. The lowest BCUT2D eigenvalue weighted by atomic mass is 9.97. The van der Waals surface area contributed by atoms with Gasteiger partial charge in [0.2, 0.25) is 0 Å². The van der Waals surface area contributed by atoms with Gasteiger partial charge in [-0.05, 0) is 74.5 Å². The summed E-state index contributed by atoms with van der Waals surface area (Å²) in [6.07, 6.45) is 6.61. The molecule has 0 bridgehead atoms. The van der Waals surface area contributed by atoms with Crippen molar-refractivity contribution in [3.8, 4) is 28.0 Å². The first-order chi connectivity index (χ1) is 17.5. The van der Waals surface area contributed by atoms with E-state index in [1.165, 1.54) is 30.4 Å². The highest BCUT2D eigenvalue weighted by molar-refractivity contribution is 6.34. The Balaban J connectivity index is 1.61. The van der Waals surface area contributed by atoms with E-state index in [-0.39, 0.29) is 6.61 Å². The maximum atomic E-state index is 9.64. The molecule has 3 aromatic carbocycles. The number of hydrogen-bond acceptors (Lipinski definition) is 4. The SMILES string of the molecule is Cc1cc(C)cc(-c2cnc3cc(Cl)c(-c4cccc(CO)c4)cc3c2OCCC2CCCCN2)c1. The summed E-state index contributed by atoms with van der Waals surface area (Å²) >= 11 is 6.74. The van der Waals surface area contributed by atoms with Crippen LogP contribution in [0.2, 0.25) is 5.02 Å². The van der Waals surface area contributed by atoms with Gasteiger partial charge < -0.3 is 15.2 Å². The molecule has 0 radical (unpaired) electrons.